The normalized spacial score (nSPS) is 21.7. The van der Waals surface area contributed by atoms with E-state index in [0.29, 0.717) is 17.7 Å². The van der Waals surface area contributed by atoms with Crippen LogP contribution in [0.15, 0.2) is 30.3 Å². The van der Waals surface area contributed by atoms with E-state index < -0.39 is 54.5 Å². The number of carbonyl (C=O) groups excluding carboxylic acids is 4. The SMILES string of the molecule is CCc1c(C)c(C#N)c(=S)n([C@@H]2O[C@@H](COC(C)=O)[C@@H](OC(C)=O)[C@@H](OC(C)=O)[C@H]2OC(C)=O)c1-c1ccccc1. The lowest BCUT2D eigenvalue weighted by Crippen LogP contribution is -2.60. The van der Waals surface area contributed by atoms with Gasteiger partial charge in [0.15, 0.2) is 24.5 Å². The molecule has 41 heavy (non-hydrogen) atoms. The maximum absolute atomic E-state index is 12.4. The first-order chi connectivity index (χ1) is 19.4. The molecule has 5 atom stereocenters. The van der Waals surface area contributed by atoms with Crippen LogP contribution in [0.1, 0.15) is 57.5 Å². The van der Waals surface area contributed by atoms with Crippen molar-refractivity contribution >= 4 is 36.1 Å². The van der Waals surface area contributed by atoms with Crippen molar-refractivity contribution in [3.8, 4) is 17.3 Å². The van der Waals surface area contributed by atoms with Gasteiger partial charge in [0, 0.05) is 27.7 Å². The van der Waals surface area contributed by atoms with Gasteiger partial charge in [0.1, 0.15) is 23.4 Å². The summed E-state index contributed by atoms with van der Waals surface area (Å²) in [6.07, 6.45) is -6.06. The summed E-state index contributed by atoms with van der Waals surface area (Å²) in [7, 11) is 0. The predicted molar refractivity (Wildman–Crippen MR) is 147 cm³/mol. The fraction of sp³-hybridized carbons (Fsp3) is 0.448. The van der Waals surface area contributed by atoms with Crippen LogP contribution in [0.25, 0.3) is 11.3 Å². The molecule has 0 spiro atoms. The molecule has 1 aromatic carbocycles. The fourth-order valence-electron chi connectivity index (χ4n) is 4.99. The van der Waals surface area contributed by atoms with E-state index in [1.54, 1.807) is 11.5 Å². The highest BCUT2D eigenvalue weighted by Crippen LogP contribution is 2.40. The zero-order valence-electron chi connectivity index (χ0n) is 23.7. The van der Waals surface area contributed by atoms with Crippen LogP contribution in [0.2, 0.25) is 0 Å². The Morgan fingerprint density at radius 1 is 0.927 bits per heavy atom. The van der Waals surface area contributed by atoms with Crippen molar-refractivity contribution in [2.24, 2.45) is 0 Å². The van der Waals surface area contributed by atoms with Crippen LogP contribution in [0.4, 0.5) is 0 Å². The zero-order valence-corrected chi connectivity index (χ0v) is 24.5. The molecule has 1 saturated heterocycles. The summed E-state index contributed by atoms with van der Waals surface area (Å²) in [6.45, 7) is 8.00. The van der Waals surface area contributed by atoms with Crippen molar-refractivity contribution in [2.75, 3.05) is 6.61 Å². The Kier molecular flexibility index (Phi) is 10.4. The predicted octanol–water partition coefficient (Wildman–Crippen LogP) is 3.88. The molecule has 218 valence electrons. The molecule has 0 amide bonds. The Morgan fingerprint density at radius 2 is 1.49 bits per heavy atom. The van der Waals surface area contributed by atoms with E-state index >= 15 is 0 Å². The van der Waals surface area contributed by atoms with E-state index in [9.17, 15) is 24.4 Å². The Bertz CT molecular complexity index is 1430. The molecular formula is C29H32N2O9S. The first kappa shape index (κ1) is 31.4. The number of hydrogen-bond acceptors (Lipinski definition) is 11. The second kappa shape index (κ2) is 13.5. The molecule has 2 aromatic rings. The molecule has 0 unspecified atom stereocenters. The number of carbonyl (C=O) groups is 4. The smallest absolute Gasteiger partial charge is 0.303 e. The van der Waals surface area contributed by atoms with Gasteiger partial charge in [0.2, 0.25) is 0 Å². The molecular weight excluding hydrogens is 552 g/mol. The number of pyridine rings is 1. The minimum absolute atomic E-state index is 0.0851. The standard InChI is InChI=1S/C29H32N2O9S/c1-7-21-15(2)22(13-30)29(41)31(24(21)20-11-9-8-10-12-20)28-27(39-19(6)35)26(38-18(5)34)25(37-17(4)33)23(40-28)14-36-16(3)32/h8-12,23,25-28H,7,14H2,1-6H3/t23-,25+,26+,27+,28+/m0/s1. The van der Waals surface area contributed by atoms with Crippen LogP contribution in [0.3, 0.4) is 0 Å². The maximum Gasteiger partial charge on any atom is 0.303 e. The molecule has 0 aliphatic carbocycles. The number of nitriles is 1. The summed E-state index contributed by atoms with van der Waals surface area (Å²) in [5, 5.41) is 10.1. The number of benzene rings is 1. The zero-order chi connectivity index (χ0) is 30.4. The average molecular weight is 585 g/mol. The molecule has 1 aliphatic heterocycles. The summed E-state index contributed by atoms with van der Waals surface area (Å²) >= 11 is 5.83. The topological polar surface area (TPSA) is 143 Å². The van der Waals surface area contributed by atoms with E-state index in [2.05, 4.69) is 6.07 Å². The van der Waals surface area contributed by atoms with E-state index in [1.807, 2.05) is 37.3 Å². The summed E-state index contributed by atoms with van der Waals surface area (Å²) in [5.74, 6) is -2.86. The molecule has 2 heterocycles. The number of rotatable bonds is 8. The van der Waals surface area contributed by atoms with E-state index in [0.717, 1.165) is 25.0 Å². The fourth-order valence-corrected chi connectivity index (χ4v) is 5.38. The molecule has 3 rings (SSSR count). The Morgan fingerprint density at radius 3 is 2.00 bits per heavy atom. The summed E-state index contributed by atoms with van der Waals surface area (Å²) in [5.41, 5.74) is 3.01. The van der Waals surface area contributed by atoms with Gasteiger partial charge in [-0.3, -0.25) is 19.2 Å². The van der Waals surface area contributed by atoms with Gasteiger partial charge in [-0.1, -0.05) is 49.5 Å². The molecule has 1 aromatic heterocycles. The summed E-state index contributed by atoms with van der Waals surface area (Å²) in [6, 6.07) is 11.4. The van der Waals surface area contributed by atoms with Gasteiger partial charge in [0.05, 0.1) is 11.3 Å². The number of ether oxygens (including phenoxy) is 5. The van der Waals surface area contributed by atoms with Crippen LogP contribution in [-0.2, 0) is 49.3 Å². The number of esters is 4. The first-order valence-corrected chi connectivity index (χ1v) is 13.4. The molecule has 0 saturated carbocycles. The van der Waals surface area contributed by atoms with Crippen LogP contribution in [0.5, 0.6) is 0 Å². The minimum Gasteiger partial charge on any atom is -0.463 e. The largest absolute Gasteiger partial charge is 0.463 e. The highest BCUT2D eigenvalue weighted by molar-refractivity contribution is 7.71. The molecule has 0 bridgehead atoms. The third kappa shape index (κ3) is 6.99. The van der Waals surface area contributed by atoms with Gasteiger partial charge >= 0.3 is 23.9 Å². The Hall–Kier alpha value is -4.08. The molecule has 11 nitrogen and oxygen atoms in total. The highest BCUT2D eigenvalue weighted by atomic mass is 32.1. The van der Waals surface area contributed by atoms with Crippen molar-refractivity contribution < 1.29 is 42.9 Å². The summed E-state index contributed by atoms with van der Waals surface area (Å²) in [4.78, 5) is 48.5. The van der Waals surface area contributed by atoms with Crippen molar-refractivity contribution in [1.82, 2.24) is 4.57 Å². The third-order valence-electron chi connectivity index (χ3n) is 6.52. The molecule has 1 fully saturated rings. The van der Waals surface area contributed by atoms with Crippen LogP contribution in [-0.4, -0.2) is 59.5 Å². The monoisotopic (exact) mass is 584 g/mol. The lowest BCUT2D eigenvalue weighted by atomic mass is 9.93. The van der Waals surface area contributed by atoms with Crippen LogP contribution in [0, 0.1) is 22.9 Å². The van der Waals surface area contributed by atoms with E-state index in [4.69, 9.17) is 35.9 Å². The minimum atomic E-state index is -1.39. The van der Waals surface area contributed by atoms with Gasteiger partial charge in [-0.2, -0.15) is 5.26 Å². The first-order valence-electron chi connectivity index (χ1n) is 12.9. The van der Waals surface area contributed by atoms with Gasteiger partial charge in [-0.15, -0.1) is 0 Å². The molecule has 0 radical (unpaired) electrons. The second-order valence-electron chi connectivity index (χ2n) is 9.42. The van der Waals surface area contributed by atoms with Crippen molar-refractivity contribution in [3.63, 3.8) is 0 Å². The van der Waals surface area contributed by atoms with E-state index in [-0.39, 0.29) is 16.8 Å². The Labute approximate surface area is 242 Å². The number of aromatic nitrogens is 1. The molecule has 0 N–H and O–H groups in total. The number of hydrogen-bond donors (Lipinski definition) is 0. The van der Waals surface area contributed by atoms with Gasteiger partial charge in [-0.05, 0) is 30.0 Å². The lowest BCUT2D eigenvalue weighted by molar-refractivity contribution is -0.268. The van der Waals surface area contributed by atoms with Gasteiger partial charge in [0.25, 0.3) is 0 Å². The van der Waals surface area contributed by atoms with Gasteiger partial charge in [-0.25, -0.2) is 0 Å². The van der Waals surface area contributed by atoms with Crippen molar-refractivity contribution in [3.05, 3.63) is 51.7 Å². The summed E-state index contributed by atoms with van der Waals surface area (Å²) < 4.78 is 30.0. The van der Waals surface area contributed by atoms with Crippen molar-refractivity contribution in [2.45, 2.75) is 78.6 Å². The van der Waals surface area contributed by atoms with E-state index in [1.165, 1.54) is 13.8 Å². The lowest BCUT2D eigenvalue weighted by Gasteiger charge is -2.45. The Balaban J connectivity index is 2.42. The van der Waals surface area contributed by atoms with Gasteiger partial charge < -0.3 is 28.3 Å². The molecule has 1 aliphatic rings. The highest BCUT2D eigenvalue weighted by Gasteiger charge is 2.53. The molecule has 12 heteroatoms. The van der Waals surface area contributed by atoms with Crippen LogP contribution >= 0.6 is 12.2 Å². The average Bonchev–Trinajstić information content (AvgIpc) is 2.90. The van der Waals surface area contributed by atoms with Crippen molar-refractivity contribution in [1.29, 1.82) is 5.26 Å². The quantitative estimate of drug-likeness (QED) is 0.253. The van der Waals surface area contributed by atoms with Crippen LogP contribution < -0.4 is 0 Å². The maximum atomic E-state index is 12.4. The third-order valence-corrected chi connectivity index (χ3v) is 6.92. The number of nitrogens with zero attached hydrogens (tertiary/aromatic N) is 2. The second-order valence-corrected chi connectivity index (χ2v) is 9.81.